The Morgan fingerprint density at radius 3 is 1.91 bits per heavy atom. The van der Waals surface area contributed by atoms with E-state index in [9.17, 15) is 50.1 Å². The second-order valence-electron chi connectivity index (χ2n) is 15.6. The Bertz CT molecular complexity index is 2100. The van der Waals surface area contributed by atoms with Crippen LogP contribution in [-0.2, 0) is 57.0 Å². The number of rotatable bonds is 15. The maximum Gasteiger partial charge on any atom is 0.331 e. The van der Waals surface area contributed by atoms with Crippen molar-refractivity contribution in [1.82, 2.24) is 0 Å². The van der Waals surface area contributed by atoms with Gasteiger partial charge in [0.05, 0.1) is 51.8 Å². The average Bonchev–Trinajstić information content (AvgIpc) is 3.95. The molecule has 5 aliphatic rings. The van der Waals surface area contributed by atoms with E-state index in [1.807, 2.05) is 0 Å². The fraction of sp³-hybridized carbons (Fsp3) is 0.512. The number of carbonyl (C=O) groups excluding carboxylic acids is 3. The van der Waals surface area contributed by atoms with Crippen LogP contribution in [0.1, 0.15) is 25.0 Å². The molecule has 0 amide bonds. The monoisotopic (exact) mass is 902 g/mol. The number of methoxy groups -OCH3 is 2. The number of epoxide rings is 1. The fourth-order valence-corrected chi connectivity index (χ4v) is 8.43. The lowest BCUT2D eigenvalue weighted by atomic mass is 9.85. The molecule has 16 atom stereocenters. The number of hydrogen-bond donors (Lipinski definition) is 7. The zero-order valence-electron chi connectivity index (χ0n) is 34.8. The molecule has 2 aromatic carbocycles. The summed E-state index contributed by atoms with van der Waals surface area (Å²) in [5.41, 5.74) is -0.498. The number of carbonyl (C=O) groups is 3. The van der Waals surface area contributed by atoms with Gasteiger partial charge in [-0.05, 0) is 60.5 Å². The third kappa shape index (κ3) is 9.40. The van der Waals surface area contributed by atoms with Crippen LogP contribution in [0.5, 0.6) is 23.0 Å². The van der Waals surface area contributed by atoms with Crippen molar-refractivity contribution in [2.24, 2.45) is 11.8 Å². The predicted molar refractivity (Wildman–Crippen MR) is 212 cm³/mol. The van der Waals surface area contributed by atoms with Crippen molar-refractivity contribution >= 4 is 30.1 Å². The SMILES string of the molecule is COc1cc(C=CC(=O)O[C@@H]2[C@@H](OC(C)=O)[C@H](C)O[C@@H](O[C@H]3[C@@H]4C=CO[C@@H](O[C@@H]5O[C@H](CO)[C@@H](O)[C@H](O)[C@H]5O)[C@@H]4[C@@]4(CO)O[C@@H]34)[C@@H]2OC(=O)C=Cc2ccc(O)c(OC)c2)ccc1O. The van der Waals surface area contributed by atoms with E-state index >= 15 is 0 Å². The summed E-state index contributed by atoms with van der Waals surface area (Å²) in [5.74, 6) is -4.35. The first-order valence-corrected chi connectivity index (χ1v) is 20.2. The van der Waals surface area contributed by atoms with Crippen LogP contribution in [0.2, 0.25) is 0 Å². The van der Waals surface area contributed by atoms with Gasteiger partial charge in [0.25, 0.3) is 0 Å². The van der Waals surface area contributed by atoms with Gasteiger partial charge in [-0.15, -0.1) is 0 Å². The van der Waals surface area contributed by atoms with Crippen LogP contribution < -0.4 is 9.47 Å². The summed E-state index contributed by atoms with van der Waals surface area (Å²) in [6.45, 7) is 1.35. The standard InChI is InChI=1S/C43H50O21/c1-19-35(58-20(2)46)37(60-29(49)11-7-21-5-9-24(47)26(15-21)54-3)38(61-30(50)12-8-22-6-10-25(48)27(16-22)55-4)42(57-19)62-36-23-13-14-56-40(31(23)43(18-45)39(36)64-43)63-41-34(53)33(52)32(51)28(17-44)59-41/h5-16,19,23,28,31-42,44-45,47-48,51-53H,17-18H2,1-4H3/t19-,23+,28+,31+,32+,33-,34+,35-,36-,37+,38+,39-,40-,41-,42-,43+/m0/s1. The Balaban J connectivity index is 1.18. The summed E-state index contributed by atoms with van der Waals surface area (Å²) < 4.78 is 64.0. The second kappa shape index (κ2) is 19.4. The zero-order chi connectivity index (χ0) is 46.0. The van der Waals surface area contributed by atoms with E-state index < -0.39 is 128 Å². The normalized spacial score (nSPS) is 36.4. The summed E-state index contributed by atoms with van der Waals surface area (Å²) in [5, 5.41) is 71.9. The van der Waals surface area contributed by atoms with Gasteiger partial charge >= 0.3 is 17.9 Å². The molecule has 21 nitrogen and oxygen atoms in total. The molecular formula is C43H50O21. The van der Waals surface area contributed by atoms with E-state index in [-0.39, 0.29) is 23.0 Å². The number of benzene rings is 2. The Morgan fingerprint density at radius 2 is 1.34 bits per heavy atom. The lowest BCUT2D eigenvalue weighted by Crippen LogP contribution is -2.62. The number of phenols is 2. The second-order valence-corrected chi connectivity index (χ2v) is 15.6. The van der Waals surface area contributed by atoms with Gasteiger partial charge in [-0.3, -0.25) is 4.79 Å². The van der Waals surface area contributed by atoms with Gasteiger partial charge in [-0.25, -0.2) is 9.59 Å². The molecule has 3 saturated heterocycles. The molecule has 0 aromatic heterocycles. The lowest BCUT2D eigenvalue weighted by Gasteiger charge is -2.45. The Hall–Kier alpha value is -5.33. The van der Waals surface area contributed by atoms with E-state index in [1.165, 1.54) is 76.0 Å². The third-order valence-corrected chi connectivity index (χ3v) is 11.7. The average molecular weight is 903 g/mol. The maximum atomic E-state index is 13.7. The molecular weight excluding hydrogens is 852 g/mol. The summed E-state index contributed by atoms with van der Waals surface area (Å²) >= 11 is 0. The molecule has 4 heterocycles. The minimum atomic E-state index is -1.78. The number of aliphatic hydroxyl groups excluding tert-OH is 5. The summed E-state index contributed by atoms with van der Waals surface area (Å²) in [6.07, 6.45) is -10.8. The van der Waals surface area contributed by atoms with Crippen molar-refractivity contribution in [2.45, 2.75) is 99.4 Å². The Morgan fingerprint density at radius 1 is 0.734 bits per heavy atom. The van der Waals surface area contributed by atoms with Crippen LogP contribution in [-0.4, -0.2) is 167 Å². The number of aromatic hydroxyl groups is 2. The van der Waals surface area contributed by atoms with Crippen LogP contribution in [0.15, 0.2) is 60.9 Å². The summed E-state index contributed by atoms with van der Waals surface area (Å²) in [4.78, 5) is 39.8. The maximum absolute atomic E-state index is 13.7. The van der Waals surface area contributed by atoms with E-state index in [2.05, 4.69) is 0 Å². The molecule has 21 heteroatoms. The molecule has 64 heavy (non-hydrogen) atoms. The minimum Gasteiger partial charge on any atom is -0.504 e. The number of phenolic OH excluding ortho intramolecular Hbond substituents is 2. The van der Waals surface area contributed by atoms with Gasteiger partial charge < -0.3 is 87.9 Å². The smallest absolute Gasteiger partial charge is 0.331 e. The number of ether oxygens (including phenoxy) is 11. The first-order valence-electron chi connectivity index (χ1n) is 20.2. The van der Waals surface area contributed by atoms with Gasteiger partial charge in [-0.1, -0.05) is 12.1 Å². The van der Waals surface area contributed by atoms with E-state index in [0.29, 0.717) is 11.1 Å². The largest absolute Gasteiger partial charge is 0.504 e. The molecule has 4 aliphatic heterocycles. The number of hydrogen-bond acceptors (Lipinski definition) is 21. The van der Waals surface area contributed by atoms with Crippen molar-refractivity contribution in [1.29, 1.82) is 0 Å². The van der Waals surface area contributed by atoms with E-state index in [1.54, 1.807) is 6.08 Å². The highest BCUT2D eigenvalue weighted by molar-refractivity contribution is 5.88. The third-order valence-electron chi connectivity index (χ3n) is 11.7. The highest BCUT2D eigenvalue weighted by Gasteiger charge is 2.77. The van der Waals surface area contributed by atoms with Gasteiger partial charge in [0, 0.05) is 25.0 Å². The van der Waals surface area contributed by atoms with Crippen molar-refractivity contribution in [3.8, 4) is 23.0 Å². The molecule has 0 spiro atoms. The molecule has 7 rings (SSSR count). The number of aliphatic hydroxyl groups is 5. The molecule has 0 bridgehead atoms. The van der Waals surface area contributed by atoms with Crippen LogP contribution in [0.3, 0.4) is 0 Å². The summed E-state index contributed by atoms with van der Waals surface area (Å²) in [7, 11) is 2.71. The van der Waals surface area contributed by atoms with Gasteiger partial charge in [0.15, 0.2) is 53.9 Å². The molecule has 1 saturated carbocycles. The highest BCUT2D eigenvalue weighted by Crippen LogP contribution is 2.61. The van der Waals surface area contributed by atoms with Crippen molar-refractivity contribution in [2.75, 3.05) is 27.4 Å². The predicted octanol–water partition coefficient (Wildman–Crippen LogP) is -0.211. The quantitative estimate of drug-likeness (QED) is 0.0527. The van der Waals surface area contributed by atoms with Crippen LogP contribution in [0, 0.1) is 11.8 Å². The molecule has 0 radical (unpaired) electrons. The van der Waals surface area contributed by atoms with E-state index in [0.717, 1.165) is 19.1 Å². The molecule has 2 aromatic rings. The molecule has 4 fully saturated rings. The number of fused-ring (bicyclic) bond motifs is 3. The zero-order valence-corrected chi connectivity index (χ0v) is 34.8. The topological polar surface area (TPSA) is 298 Å². The first kappa shape index (κ1) is 46.7. The molecule has 0 unspecified atom stereocenters. The van der Waals surface area contributed by atoms with Gasteiger partial charge in [0.1, 0.15) is 36.1 Å². The van der Waals surface area contributed by atoms with Crippen LogP contribution in [0.4, 0.5) is 0 Å². The summed E-state index contributed by atoms with van der Waals surface area (Å²) in [6, 6.07) is 8.66. The molecule has 7 N–H and O–H groups in total. The van der Waals surface area contributed by atoms with E-state index in [4.69, 9.17) is 52.1 Å². The molecule has 348 valence electrons. The van der Waals surface area contributed by atoms with Crippen LogP contribution >= 0.6 is 0 Å². The van der Waals surface area contributed by atoms with Crippen molar-refractivity contribution < 1.29 is 102 Å². The van der Waals surface area contributed by atoms with Crippen molar-refractivity contribution in [3.63, 3.8) is 0 Å². The lowest BCUT2D eigenvalue weighted by molar-refractivity contribution is -0.347. The molecule has 1 aliphatic carbocycles. The van der Waals surface area contributed by atoms with Crippen molar-refractivity contribution in [3.05, 3.63) is 72.0 Å². The first-order chi connectivity index (χ1) is 30.6. The minimum absolute atomic E-state index is 0.132. The number of esters is 3. The fourth-order valence-electron chi connectivity index (χ4n) is 8.43. The van der Waals surface area contributed by atoms with Crippen LogP contribution in [0.25, 0.3) is 12.2 Å². The van der Waals surface area contributed by atoms with Gasteiger partial charge in [0.2, 0.25) is 6.29 Å². The Labute approximate surface area is 365 Å². The Kier molecular flexibility index (Phi) is 14.2. The van der Waals surface area contributed by atoms with Gasteiger partial charge in [-0.2, -0.15) is 0 Å². The highest BCUT2D eigenvalue weighted by atomic mass is 16.8.